The van der Waals surface area contributed by atoms with Gasteiger partial charge in [0, 0.05) is 23.0 Å². The monoisotopic (exact) mass is 428 g/mol. The van der Waals surface area contributed by atoms with Gasteiger partial charge in [-0.15, -0.1) is 0 Å². The highest BCUT2D eigenvalue weighted by atomic mass is 35.5. The molecular weight excluding hydrogens is 400 g/mol. The Hall–Kier alpha value is -1.69. The fourth-order valence-electron chi connectivity index (χ4n) is 4.28. The van der Waals surface area contributed by atoms with Gasteiger partial charge < -0.3 is 14.5 Å². The van der Waals surface area contributed by atoms with Gasteiger partial charge in [-0.25, -0.2) is 0 Å². The summed E-state index contributed by atoms with van der Waals surface area (Å²) >= 11 is 8.17. The van der Waals surface area contributed by atoms with E-state index in [1.54, 1.807) is 11.9 Å². The number of benzene rings is 2. The van der Waals surface area contributed by atoms with Crippen molar-refractivity contribution < 1.29 is 0 Å². The predicted molar refractivity (Wildman–Crippen MR) is 124 cm³/mol. The highest BCUT2D eigenvalue weighted by molar-refractivity contribution is 8.00. The number of halogens is 1. The summed E-state index contributed by atoms with van der Waals surface area (Å²) in [6.45, 7) is 3.00. The van der Waals surface area contributed by atoms with Crippen LogP contribution in [0.25, 0.3) is 0 Å². The van der Waals surface area contributed by atoms with Crippen LogP contribution in [-0.4, -0.2) is 47.9 Å². The van der Waals surface area contributed by atoms with Crippen molar-refractivity contribution in [2.45, 2.75) is 49.1 Å². The minimum Gasteiger partial charge on any atom is -0.351 e. The second-order valence-electron chi connectivity index (χ2n) is 8.51. The van der Waals surface area contributed by atoms with Gasteiger partial charge in [0.05, 0.1) is 16.3 Å². The molecule has 0 aromatic heterocycles. The molecule has 2 aliphatic rings. The van der Waals surface area contributed by atoms with E-state index < -0.39 is 0 Å². The molecule has 1 aliphatic carbocycles. The average molecular weight is 429 g/mol. The van der Waals surface area contributed by atoms with Crippen LogP contribution >= 0.6 is 23.5 Å². The number of hydrogen-bond donors (Lipinski definition) is 2. The van der Waals surface area contributed by atoms with Gasteiger partial charge in [0.15, 0.2) is 0 Å². The molecule has 1 saturated carbocycles. The number of anilines is 1. The Balaban J connectivity index is 1.55. The van der Waals surface area contributed by atoms with Crippen molar-refractivity contribution >= 4 is 35.1 Å². The maximum Gasteiger partial charge on any atom is 0.132 e. The molecule has 29 heavy (non-hydrogen) atoms. The van der Waals surface area contributed by atoms with Crippen molar-refractivity contribution in [2.24, 2.45) is 0 Å². The van der Waals surface area contributed by atoms with Crippen LogP contribution in [0.15, 0.2) is 47.4 Å². The zero-order chi connectivity index (χ0) is 20.6. The Morgan fingerprint density at radius 2 is 1.93 bits per heavy atom. The summed E-state index contributed by atoms with van der Waals surface area (Å²) in [5.74, 6) is 0.553. The Morgan fingerprint density at radius 3 is 2.59 bits per heavy atom. The van der Waals surface area contributed by atoms with E-state index in [0.717, 1.165) is 35.5 Å². The quantitative estimate of drug-likeness (QED) is 0.366. The Kier molecular flexibility index (Phi) is 5.83. The number of rotatable bonds is 5. The molecular formula is C23H29ClN4S. The molecule has 0 amide bonds. The molecule has 2 N–H and O–H groups in total. The van der Waals surface area contributed by atoms with E-state index in [-0.39, 0.29) is 5.54 Å². The summed E-state index contributed by atoms with van der Waals surface area (Å²) in [6.07, 6.45) is 4.56. The third kappa shape index (κ3) is 4.27. The third-order valence-electron chi connectivity index (χ3n) is 6.25. The lowest BCUT2D eigenvalue weighted by Gasteiger charge is -2.44. The number of amidine groups is 1. The van der Waals surface area contributed by atoms with E-state index in [1.165, 1.54) is 18.4 Å². The summed E-state index contributed by atoms with van der Waals surface area (Å²) in [7, 11) is 4.33. The first-order valence-corrected chi connectivity index (χ1v) is 11.4. The van der Waals surface area contributed by atoms with Gasteiger partial charge >= 0.3 is 0 Å². The summed E-state index contributed by atoms with van der Waals surface area (Å²) < 4.78 is 3.44. The Bertz CT molecular complexity index is 892. The van der Waals surface area contributed by atoms with Crippen molar-refractivity contribution in [2.75, 3.05) is 25.4 Å². The van der Waals surface area contributed by atoms with Gasteiger partial charge in [-0.05, 0) is 82.9 Å². The molecule has 2 aromatic carbocycles. The Morgan fingerprint density at radius 1 is 1.21 bits per heavy atom. The molecule has 1 unspecified atom stereocenters. The number of nitrogens with zero attached hydrogens (tertiary/aromatic N) is 2. The molecule has 2 fully saturated rings. The zero-order valence-electron chi connectivity index (χ0n) is 17.3. The highest BCUT2D eigenvalue weighted by Gasteiger charge is 2.53. The maximum atomic E-state index is 9.06. The van der Waals surface area contributed by atoms with Crippen LogP contribution in [0, 0.1) is 12.3 Å². The van der Waals surface area contributed by atoms with Crippen LogP contribution in [0.1, 0.15) is 36.8 Å². The van der Waals surface area contributed by atoms with Crippen LogP contribution in [-0.2, 0) is 0 Å². The average Bonchev–Trinajstić information content (AvgIpc) is 3.46. The van der Waals surface area contributed by atoms with Crippen molar-refractivity contribution in [3.8, 4) is 0 Å². The van der Waals surface area contributed by atoms with Crippen molar-refractivity contribution in [1.29, 1.82) is 5.41 Å². The SMILES string of the molecule is Cc1ccc(SNc2cccc(Cl)c2C(=N)N2CCC(N(C)C)CC23CC3)cc1. The van der Waals surface area contributed by atoms with Gasteiger partial charge in [-0.2, -0.15) is 0 Å². The number of piperidine rings is 1. The van der Waals surface area contributed by atoms with Gasteiger partial charge in [0.1, 0.15) is 5.84 Å². The number of hydrogen-bond acceptors (Lipinski definition) is 4. The van der Waals surface area contributed by atoms with Crippen LogP contribution < -0.4 is 4.72 Å². The number of likely N-dealkylation sites (tertiary alicyclic amines) is 1. The minimum atomic E-state index is 0.144. The van der Waals surface area contributed by atoms with E-state index in [1.807, 2.05) is 18.2 Å². The topological polar surface area (TPSA) is 42.4 Å². The van der Waals surface area contributed by atoms with E-state index in [4.69, 9.17) is 17.0 Å². The van der Waals surface area contributed by atoms with Crippen molar-refractivity contribution in [3.05, 3.63) is 58.6 Å². The standard InChI is InChI=1S/C23H29ClN4S/c1-16-7-9-18(10-8-16)29-26-20-6-4-5-19(24)21(20)22(25)28-14-11-17(27(2)3)15-23(28)12-13-23/h4-10,17,25-26H,11-15H2,1-3H3. The maximum absolute atomic E-state index is 9.06. The second kappa shape index (κ2) is 8.21. The van der Waals surface area contributed by atoms with Gasteiger partial charge in [-0.3, -0.25) is 5.41 Å². The fourth-order valence-corrected chi connectivity index (χ4v) is 5.21. The van der Waals surface area contributed by atoms with E-state index in [2.05, 4.69) is 59.8 Å². The minimum absolute atomic E-state index is 0.144. The van der Waals surface area contributed by atoms with Gasteiger partial charge in [-0.1, -0.05) is 35.4 Å². The molecule has 1 aliphatic heterocycles. The molecule has 4 rings (SSSR count). The molecule has 2 aromatic rings. The third-order valence-corrected chi connectivity index (χ3v) is 7.40. The van der Waals surface area contributed by atoms with Gasteiger partial charge in [0.2, 0.25) is 0 Å². The molecule has 1 saturated heterocycles. The lowest BCUT2D eigenvalue weighted by atomic mass is 9.93. The summed E-state index contributed by atoms with van der Waals surface area (Å²) in [5, 5.41) is 9.70. The summed E-state index contributed by atoms with van der Waals surface area (Å²) in [4.78, 5) is 5.79. The van der Waals surface area contributed by atoms with Crippen LogP contribution in [0.4, 0.5) is 5.69 Å². The molecule has 6 heteroatoms. The lowest BCUT2D eigenvalue weighted by molar-refractivity contribution is 0.127. The Labute approximate surface area is 183 Å². The molecule has 1 spiro atoms. The first-order chi connectivity index (χ1) is 13.9. The number of nitrogens with one attached hydrogen (secondary N) is 2. The van der Waals surface area contributed by atoms with Gasteiger partial charge in [0.25, 0.3) is 0 Å². The molecule has 0 bridgehead atoms. The fraction of sp³-hybridized carbons (Fsp3) is 0.435. The van der Waals surface area contributed by atoms with Crippen molar-refractivity contribution in [3.63, 3.8) is 0 Å². The van der Waals surface area contributed by atoms with E-state index in [9.17, 15) is 0 Å². The smallest absolute Gasteiger partial charge is 0.132 e. The molecule has 4 nitrogen and oxygen atoms in total. The predicted octanol–water partition coefficient (Wildman–Crippen LogP) is 5.65. The molecule has 1 atom stereocenters. The summed E-state index contributed by atoms with van der Waals surface area (Å²) in [6, 6.07) is 14.9. The molecule has 0 radical (unpaired) electrons. The first kappa shape index (κ1) is 20.6. The first-order valence-electron chi connectivity index (χ1n) is 10.2. The number of aryl methyl sites for hydroxylation is 1. The zero-order valence-corrected chi connectivity index (χ0v) is 18.9. The van der Waals surface area contributed by atoms with Crippen LogP contribution in [0.5, 0.6) is 0 Å². The summed E-state index contributed by atoms with van der Waals surface area (Å²) in [5.41, 5.74) is 3.10. The molecule has 1 heterocycles. The normalized spacial score (nSPS) is 20.2. The second-order valence-corrected chi connectivity index (χ2v) is 9.80. The highest BCUT2D eigenvalue weighted by Crippen LogP contribution is 2.50. The van der Waals surface area contributed by atoms with E-state index in [0.29, 0.717) is 16.9 Å². The van der Waals surface area contributed by atoms with Crippen molar-refractivity contribution in [1.82, 2.24) is 9.80 Å². The molecule has 154 valence electrons. The van der Waals surface area contributed by atoms with Crippen LogP contribution in [0.2, 0.25) is 5.02 Å². The largest absolute Gasteiger partial charge is 0.351 e. The lowest BCUT2D eigenvalue weighted by Crippen LogP contribution is -2.52. The van der Waals surface area contributed by atoms with Crippen LogP contribution in [0.3, 0.4) is 0 Å². The van der Waals surface area contributed by atoms with E-state index >= 15 is 0 Å².